The average molecular weight is 802 g/mol. The number of phenolic OH excluding ortho intramolecular Hbond substituents is 2. The molecule has 20 nitrogen and oxygen atoms in total. The summed E-state index contributed by atoms with van der Waals surface area (Å²) in [5.74, 6) is -8.14. The lowest BCUT2D eigenvalue weighted by atomic mass is 10.1. The number of hydrogen-bond donors (Lipinski definition) is 13. The monoisotopic (exact) mass is 800 g/mol. The Bertz CT molecular complexity index is 1370. The molecule has 23 heteroatoms. The van der Waals surface area contributed by atoms with Gasteiger partial charge in [-0.3, -0.25) is 38.4 Å². The number of thioether (sulfide) groups is 1. The Morgan fingerprint density at radius 3 is 1.55 bits per heavy atom. The van der Waals surface area contributed by atoms with Gasteiger partial charge in [-0.2, -0.15) is 12.6 Å². The first-order valence-electron chi connectivity index (χ1n) is 13.8. The number of carboxylic acid groups (broad SMARTS) is 4. The minimum Gasteiger partial charge on any atom is -0.507 e. The highest BCUT2D eigenvalue weighted by atomic mass is 79.9. The highest BCUT2D eigenvalue weighted by Gasteiger charge is 2.24. The molecular formula is C26H37BrN6O14S2. The van der Waals surface area contributed by atoms with Crippen molar-refractivity contribution in [2.75, 3.05) is 24.6 Å². The molecule has 0 aliphatic carbocycles. The number of benzene rings is 1. The van der Waals surface area contributed by atoms with Gasteiger partial charge in [0.05, 0.1) is 9.37 Å². The fourth-order valence-electron chi connectivity index (χ4n) is 3.14. The molecule has 0 aliphatic heterocycles. The molecule has 0 radical (unpaired) electrons. The zero-order valence-corrected chi connectivity index (χ0v) is 28.8. The van der Waals surface area contributed by atoms with Crippen molar-refractivity contribution >= 4 is 87.8 Å². The van der Waals surface area contributed by atoms with E-state index >= 15 is 0 Å². The molecule has 0 fully saturated rings. The second-order valence-electron chi connectivity index (χ2n) is 9.67. The largest absolute Gasteiger partial charge is 0.507 e. The molecule has 4 amide bonds. The molecule has 0 aliphatic rings. The Morgan fingerprint density at radius 1 is 0.735 bits per heavy atom. The summed E-state index contributed by atoms with van der Waals surface area (Å²) in [6.07, 6.45) is -0.653. The first-order valence-corrected chi connectivity index (χ1v) is 16.2. The van der Waals surface area contributed by atoms with E-state index in [2.05, 4.69) is 49.8 Å². The second-order valence-corrected chi connectivity index (χ2v) is 11.9. The number of hydrogen-bond acceptors (Lipinski definition) is 14. The molecule has 274 valence electrons. The van der Waals surface area contributed by atoms with E-state index in [4.69, 9.17) is 31.9 Å². The zero-order valence-electron chi connectivity index (χ0n) is 25.5. The van der Waals surface area contributed by atoms with Crippen molar-refractivity contribution in [3.63, 3.8) is 0 Å². The molecule has 1 aromatic carbocycles. The van der Waals surface area contributed by atoms with Crippen LogP contribution < -0.4 is 32.7 Å². The molecule has 0 spiro atoms. The summed E-state index contributed by atoms with van der Waals surface area (Å²) in [4.78, 5) is 89.6. The predicted molar refractivity (Wildman–Crippen MR) is 177 cm³/mol. The maximum atomic E-state index is 12.2. The van der Waals surface area contributed by atoms with Crippen LogP contribution in [-0.4, -0.2) is 127 Å². The number of phenols is 2. The maximum absolute atomic E-state index is 12.2. The molecule has 0 aromatic heterocycles. The number of aromatic hydroxyl groups is 2. The van der Waals surface area contributed by atoms with Crippen molar-refractivity contribution in [1.29, 1.82) is 0 Å². The molecule has 0 heterocycles. The van der Waals surface area contributed by atoms with E-state index in [9.17, 15) is 48.6 Å². The first-order chi connectivity index (χ1) is 22.8. The van der Waals surface area contributed by atoms with Gasteiger partial charge in [-0.15, -0.1) is 11.8 Å². The number of nitrogens with two attached hydrogens (primary N) is 2. The summed E-state index contributed by atoms with van der Waals surface area (Å²) in [6.45, 7) is -1.23. The van der Waals surface area contributed by atoms with Crippen molar-refractivity contribution in [3.8, 4) is 11.5 Å². The van der Waals surface area contributed by atoms with Crippen LogP contribution in [0.5, 0.6) is 11.5 Å². The third-order valence-electron chi connectivity index (χ3n) is 5.76. The van der Waals surface area contributed by atoms with Gasteiger partial charge in [0.25, 0.3) is 0 Å². The molecule has 0 bridgehead atoms. The molecule has 49 heavy (non-hydrogen) atoms. The van der Waals surface area contributed by atoms with E-state index < -0.39 is 84.8 Å². The van der Waals surface area contributed by atoms with Gasteiger partial charge < -0.3 is 63.4 Å². The molecular weight excluding hydrogens is 764 g/mol. The number of carboxylic acids is 4. The third kappa shape index (κ3) is 18.7. The van der Waals surface area contributed by atoms with Gasteiger partial charge in [-0.25, -0.2) is 0 Å². The van der Waals surface area contributed by atoms with Crippen LogP contribution in [0.25, 0.3) is 0 Å². The van der Waals surface area contributed by atoms with Crippen LogP contribution in [0.1, 0.15) is 25.7 Å². The highest BCUT2D eigenvalue weighted by molar-refractivity contribution is 9.10. The van der Waals surface area contributed by atoms with Crippen molar-refractivity contribution in [2.24, 2.45) is 11.5 Å². The number of amides is 4. The van der Waals surface area contributed by atoms with Crippen LogP contribution in [0.4, 0.5) is 0 Å². The topological polar surface area (TPSA) is 358 Å². The van der Waals surface area contributed by atoms with Crippen LogP contribution in [0.3, 0.4) is 0 Å². The quantitative estimate of drug-likeness (QED) is 0.0372. The highest BCUT2D eigenvalue weighted by Crippen LogP contribution is 2.40. The number of halogens is 1. The van der Waals surface area contributed by atoms with Crippen molar-refractivity contribution in [3.05, 3.63) is 16.6 Å². The molecule has 4 atom stereocenters. The molecule has 0 saturated carbocycles. The number of aliphatic carboxylic acids is 4. The fraction of sp³-hybridized carbons (Fsp3) is 0.462. The van der Waals surface area contributed by atoms with E-state index in [1.807, 2.05) is 0 Å². The predicted octanol–water partition coefficient (Wildman–Crippen LogP) is -2.38. The number of carbonyl (C=O) groups excluding carboxylic acids is 4. The summed E-state index contributed by atoms with van der Waals surface area (Å²) in [6, 6.07) is -2.08. The first kappa shape index (κ1) is 44.7. The lowest BCUT2D eigenvalue weighted by molar-refractivity contribution is -0.140. The van der Waals surface area contributed by atoms with E-state index in [-0.39, 0.29) is 58.1 Å². The molecule has 1 aromatic rings. The van der Waals surface area contributed by atoms with Crippen molar-refractivity contribution in [1.82, 2.24) is 21.3 Å². The SMILES string of the molecule is NC(CCC(=O)NC(CS)C(=O)NCC(=O)O)C(=O)O.NC(CCC(=O)NC(CSc1c(O)ccc(O)c1Br)C(=O)NCC(=O)O)C(=O)O. The van der Waals surface area contributed by atoms with Gasteiger partial charge in [0.15, 0.2) is 0 Å². The van der Waals surface area contributed by atoms with Gasteiger partial charge >= 0.3 is 23.9 Å². The summed E-state index contributed by atoms with van der Waals surface area (Å²) in [7, 11) is 0. The minimum absolute atomic E-state index is 0.0256. The van der Waals surface area contributed by atoms with E-state index in [0.717, 1.165) is 11.8 Å². The fourth-order valence-corrected chi connectivity index (χ4v) is 5.09. The van der Waals surface area contributed by atoms with Crippen LogP contribution in [-0.2, 0) is 38.4 Å². The summed E-state index contributed by atoms with van der Waals surface area (Å²) < 4.78 is 0.186. The Labute approximate surface area is 296 Å². The van der Waals surface area contributed by atoms with E-state index in [1.54, 1.807) is 0 Å². The van der Waals surface area contributed by atoms with Crippen molar-refractivity contribution in [2.45, 2.75) is 54.7 Å². The van der Waals surface area contributed by atoms with Gasteiger partial charge in [0.1, 0.15) is 48.8 Å². The second kappa shape index (κ2) is 23.1. The summed E-state index contributed by atoms with van der Waals surface area (Å²) in [5.41, 5.74) is 10.6. The number of rotatable bonds is 20. The lowest BCUT2D eigenvalue weighted by Crippen LogP contribution is -2.49. The summed E-state index contributed by atoms with van der Waals surface area (Å²) >= 11 is 7.91. The van der Waals surface area contributed by atoms with Gasteiger partial charge in [0, 0.05) is 24.3 Å². The molecule has 1 rings (SSSR count). The maximum Gasteiger partial charge on any atom is 0.322 e. The van der Waals surface area contributed by atoms with E-state index in [1.165, 1.54) is 12.1 Å². The normalized spacial score (nSPS) is 12.8. The van der Waals surface area contributed by atoms with Gasteiger partial charge in [0.2, 0.25) is 23.6 Å². The van der Waals surface area contributed by atoms with Gasteiger partial charge in [-0.05, 0) is 40.9 Å². The standard InChI is InChI=1S/C16H20BrN3O8S.C10H17N3O6S/c17-13-9(21)2-3-10(22)14(13)29-6-8(15(26)19-5-12(24)25)20-11(23)4-1-7(18)16(27)28;11-5(10(18)19)1-2-7(14)13-6(4-20)9(17)12-3-8(15)16/h2-3,7-8,21-22H,1,4-6,18H2,(H,19,26)(H,20,23)(H,24,25)(H,27,28);5-6,20H,1-4,11H2,(H,12,17)(H,13,14)(H,15,16)(H,18,19). The Balaban J connectivity index is 0.00000101. The van der Waals surface area contributed by atoms with Crippen molar-refractivity contribution < 1.29 is 69.0 Å². The van der Waals surface area contributed by atoms with E-state index in [0.29, 0.717) is 0 Å². The molecule has 14 N–H and O–H groups in total. The third-order valence-corrected chi connectivity index (χ3v) is 8.40. The number of carbonyl (C=O) groups is 8. The Morgan fingerprint density at radius 2 is 1.14 bits per heavy atom. The van der Waals surface area contributed by atoms with Crippen LogP contribution in [0, 0.1) is 0 Å². The number of thiol groups is 1. The average Bonchev–Trinajstić information content (AvgIpc) is 3.03. The van der Waals surface area contributed by atoms with Crippen LogP contribution in [0.2, 0.25) is 0 Å². The number of nitrogens with one attached hydrogen (secondary N) is 4. The Hall–Kier alpha value is -4.32. The summed E-state index contributed by atoms with van der Waals surface area (Å²) in [5, 5.41) is 63.0. The molecule has 0 saturated heterocycles. The van der Waals surface area contributed by atoms with Crippen LogP contribution in [0.15, 0.2) is 21.5 Å². The lowest BCUT2D eigenvalue weighted by Gasteiger charge is -2.19. The molecule has 4 unspecified atom stereocenters. The minimum atomic E-state index is -1.28. The van der Waals surface area contributed by atoms with Crippen LogP contribution >= 0.6 is 40.3 Å². The smallest absolute Gasteiger partial charge is 0.322 e. The zero-order chi connectivity index (χ0) is 37.8. The Kier molecular flexibility index (Phi) is 21.1. The van der Waals surface area contributed by atoms with Gasteiger partial charge in [-0.1, -0.05) is 0 Å².